The fraction of sp³-hybridized carbons (Fsp3) is 0.167. The van der Waals surface area contributed by atoms with Gasteiger partial charge in [-0.15, -0.1) is 0 Å². The van der Waals surface area contributed by atoms with Gasteiger partial charge in [-0.1, -0.05) is 18.2 Å². The predicted molar refractivity (Wildman–Crippen MR) is 115 cm³/mol. The number of aryl methyl sites for hydroxylation is 2. The van der Waals surface area contributed by atoms with Crippen LogP contribution < -0.4 is 10.1 Å². The smallest absolute Gasteiger partial charge is 0.291 e. The van der Waals surface area contributed by atoms with E-state index in [1.165, 1.54) is 11.1 Å². The van der Waals surface area contributed by atoms with Crippen molar-refractivity contribution in [2.45, 2.75) is 27.0 Å². The average molecular weight is 401 g/mol. The van der Waals surface area contributed by atoms with Crippen LogP contribution >= 0.6 is 0 Å². The van der Waals surface area contributed by atoms with E-state index in [1.54, 1.807) is 18.3 Å². The molecule has 6 heteroatoms. The Labute approximate surface area is 175 Å². The first-order chi connectivity index (χ1) is 14.6. The maximum absolute atomic E-state index is 12.5. The lowest BCUT2D eigenvalue weighted by atomic mass is 10.1. The summed E-state index contributed by atoms with van der Waals surface area (Å²) >= 11 is 0. The Hall–Kier alpha value is -3.80. The normalized spacial score (nSPS) is 10.7. The van der Waals surface area contributed by atoms with Crippen molar-refractivity contribution in [1.29, 1.82) is 0 Å². The number of carbonyl (C=O) groups excluding carboxylic acids is 1. The zero-order valence-electron chi connectivity index (χ0n) is 17.0. The first kappa shape index (κ1) is 19.5. The van der Waals surface area contributed by atoms with Gasteiger partial charge in [-0.25, -0.2) is 0 Å². The van der Waals surface area contributed by atoms with E-state index in [1.807, 2.05) is 66.3 Å². The van der Waals surface area contributed by atoms with E-state index in [0.29, 0.717) is 18.0 Å². The molecule has 0 fully saturated rings. The summed E-state index contributed by atoms with van der Waals surface area (Å²) in [5.41, 5.74) is 4.13. The van der Waals surface area contributed by atoms with Gasteiger partial charge in [0.1, 0.15) is 18.1 Å². The van der Waals surface area contributed by atoms with Gasteiger partial charge in [-0.3, -0.25) is 9.48 Å². The molecule has 4 aromatic rings. The fourth-order valence-corrected chi connectivity index (χ4v) is 3.06. The number of rotatable bonds is 7. The summed E-state index contributed by atoms with van der Waals surface area (Å²) in [4.78, 5) is 12.5. The molecule has 2 aromatic carbocycles. The van der Waals surface area contributed by atoms with Gasteiger partial charge in [-0.2, -0.15) is 5.10 Å². The zero-order valence-corrected chi connectivity index (χ0v) is 17.0. The Morgan fingerprint density at radius 1 is 1.07 bits per heavy atom. The van der Waals surface area contributed by atoms with Crippen molar-refractivity contribution in [3.05, 3.63) is 101 Å². The van der Waals surface area contributed by atoms with Gasteiger partial charge in [0.2, 0.25) is 0 Å². The third-order valence-corrected chi connectivity index (χ3v) is 4.83. The van der Waals surface area contributed by atoms with Gasteiger partial charge in [0.25, 0.3) is 5.91 Å². The molecule has 0 aliphatic rings. The van der Waals surface area contributed by atoms with Crippen LogP contribution in [0.2, 0.25) is 0 Å². The topological polar surface area (TPSA) is 69.3 Å². The number of aromatic nitrogens is 2. The van der Waals surface area contributed by atoms with Crippen LogP contribution in [0.1, 0.15) is 33.0 Å². The molecule has 30 heavy (non-hydrogen) atoms. The van der Waals surface area contributed by atoms with Crippen LogP contribution in [0.3, 0.4) is 0 Å². The molecule has 0 radical (unpaired) electrons. The second kappa shape index (κ2) is 8.69. The van der Waals surface area contributed by atoms with Crippen LogP contribution in [-0.2, 0) is 13.2 Å². The molecule has 0 aliphatic carbocycles. The fourth-order valence-electron chi connectivity index (χ4n) is 3.06. The summed E-state index contributed by atoms with van der Waals surface area (Å²) in [6.45, 7) is 5.00. The highest BCUT2D eigenvalue weighted by atomic mass is 16.5. The largest absolute Gasteiger partial charge is 0.486 e. The van der Waals surface area contributed by atoms with E-state index in [-0.39, 0.29) is 18.3 Å². The van der Waals surface area contributed by atoms with Crippen molar-refractivity contribution in [2.75, 3.05) is 5.32 Å². The SMILES string of the molecule is Cc1ccc(OCc2ccc(C(=O)Nc3cccc(Cn4cccn4)c3)o2)cc1C. The number of nitrogens with one attached hydrogen (secondary N) is 1. The van der Waals surface area contributed by atoms with Crippen LogP contribution in [0.5, 0.6) is 5.75 Å². The molecule has 0 aliphatic heterocycles. The van der Waals surface area contributed by atoms with E-state index in [4.69, 9.17) is 9.15 Å². The summed E-state index contributed by atoms with van der Waals surface area (Å²) in [5.74, 6) is 1.30. The van der Waals surface area contributed by atoms with E-state index < -0.39 is 0 Å². The standard InChI is InChI=1S/C24H23N3O3/c1-17-7-8-21(13-18(17)2)29-16-22-9-10-23(30-22)24(28)26-20-6-3-5-19(14-20)15-27-12-4-11-25-27/h3-14H,15-16H2,1-2H3,(H,26,28). The molecule has 1 N–H and O–H groups in total. The van der Waals surface area contributed by atoms with Gasteiger partial charge < -0.3 is 14.5 Å². The molecule has 152 valence electrons. The number of amides is 1. The Morgan fingerprint density at radius 2 is 1.97 bits per heavy atom. The van der Waals surface area contributed by atoms with Crippen molar-refractivity contribution < 1.29 is 13.9 Å². The molecule has 0 atom stereocenters. The highest BCUT2D eigenvalue weighted by Gasteiger charge is 2.12. The quantitative estimate of drug-likeness (QED) is 0.475. The van der Waals surface area contributed by atoms with Gasteiger partial charge in [0, 0.05) is 18.1 Å². The van der Waals surface area contributed by atoms with Crippen molar-refractivity contribution >= 4 is 11.6 Å². The summed E-state index contributed by atoms with van der Waals surface area (Å²) < 4.78 is 13.3. The first-order valence-corrected chi connectivity index (χ1v) is 9.73. The van der Waals surface area contributed by atoms with Gasteiger partial charge >= 0.3 is 0 Å². The summed E-state index contributed by atoms with van der Waals surface area (Å²) in [7, 11) is 0. The molecular formula is C24H23N3O3. The number of benzene rings is 2. The highest BCUT2D eigenvalue weighted by Crippen LogP contribution is 2.19. The van der Waals surface area contributed by atoms with Crippen molar-refractivity contribution in [1.82, 2.24) is 9.78 Å². The number of furan rings is 1. The predicted octanol–water partition coefficient (Wildman–Crippen LogP) is 4.97. The third-order valence-electron chi connectivity index (χ3n) is 4.83. The summed E-state index contributed by atoms with van der Waals surface area (Å²) in [6.07, 6.45) is 3.64. The minimum atomic E-state index is -0.302. The third kappa shape index (κ3) is 4.78. The molecular weight excluding hydrogens is 378 g/mol. The molecule has 2 aromatic heterocycles. The molecule has 1 amide bonds. The second-order valence-corrected chi connectivity index (χ2v) is 7.16. The monoisotopic (exact) mass is 401 g/mol. The Kier molecular flexibility index (Phi) is 5.66. The van der Waals surface area contributed by atoms with E-state index >= 15 is 0 Å². The van der Waals surface area contributed by atoms with Crippen LogP contribution in [-0.4, -0.2) is 15.7 Å². The molecule has 0 spiro atoms. The van der Waals surface area contributed by atoms with Crippen molar-refractivity contribution in [3.8, 4) is 5.75 Å². The van der Waals surface area contributed by atoms with Crippen molar-refractivity contribution in [2.24, 2.45) is 0 Å². The maximum Gasteiger partial charge on any atom is 0.291 e. The lowest BCUT2D eigenvalue weighted by Gasteiger charge is -2.07. The minimum absolute atomic E-state index is 0.242. The number of hydrogen-bond donors (Lipinski definition) is 1. The van der Waals surface area contributed by atoms with E-state index in [9.17, 15) is 4.79 Å². The van der Waals surface area contributed by atoms with Gasteiger partial charge in [0.05, 0.1) is 6.54 Å². The summed E-state index contributed by atoms with van der Waals surface area (Å²) in [5, 5.41) is 7.08. The van der Waals surface area contributed by atoms with E-state index in [0.717, 1.165) is 11.3 Å². The van der Waals surface area contributed by atoms with E-state index in [2.05, 4.69) is 17.3 Å². The van der Waals surface area contributed by atoms with Crippen LogP contribution in [0, 0.1) is 13.8 Å². The maximum atomic E-state index is 12.5. The molecule has 4 rings (SSSR count). The molecule has 6 nitrogen and oxygen atoms in total. The molecule has 0 saturated heterocycles. The molecule has 0 bridgehead atoms. The number of nitrogens with zero attached hydrogens (tertiary/aromatic N) is 2. The van der Waals surface area contributed by atoms with Gasteiger partial charge in [0.15, 0.2) is 5.76 Å². The van der Waals surface area contributed by atoms with Crippen LogP contribution in [0.25, 0.3) is 0 Å². The lowest BCUT2D eigenvalue weighted by Crippen LogP contribution is -2.11. The first-order valence-electron chi connectivity index (χ1n) is 9.73. The Balaban J connectivity index is 1.36. The Morgan fingerprint density at radius 3 is 2.77 bits per heavy atom. The van der Waals surface area contributed by atoms with Crippen LogP contribution in [0.4, 0.5) is 5.69 Å². The number of hydrogen-bond acceptors (Lipinski definition) is 4. The van der Waals surface area contributed by atoms with Gasteiger partial charge in [-0.05, 0) is 73.0 Å². The highest BCUT2D eigenvalue weighted by molar-refractivity contribution is 6.02. The molecule has 0 unspecified atom stereocenters. The average Bonchev–Trinajstić information content (AvgIpc) is 3.41. The van der Waals surface area contributed by atoms with Crippen molar-refractivity contribution in [3.63, 3.8) is 0 Å². The number of anilines is 1. The Bertz CT molecular complexity index is 1150. The summed E-state index contributed by atoms with van der Waals surface area (Å²) in [6, 6.07) is 18.9. The molecule has 2 heterocycles. The lowest BCUT2D eigenvalue weighted by molar-refractivity contribution is 0.0992. The number of carbonyl (C=O) groups is 1. The number of ether oxygens (including phenoxy) is 1. The van der Waals surface area contributed by atoms with Crippen LogP contribution in [0.15, 0.2) is 77.5 Å². The molecule has 0 saturated carbocycles. The second-order valence-electron chi connectivity index (χ2n) is 7.16. The zero-order chi connectivity index (χ0) is 20.9. The minimum Gasteiger partial charge on any atom is -0.486 e.